The topological polar surface area (TPSA) is 12.0 Å². The first-order chi connectivity index (χ1) is 5.68. The molecular formula is C10H23NS. The Hall–Kier alpha value is 0.310. The van der Waals surface area contributed by atoms with Gasteiger partial charge in [0, 0.05) is 5.54 Å². The normalized spacial score (nSPS) is 12.0. The molecule has 0 spiro atoms. The molecule has 74 valence electrons. The lowest BCUT2D eigenvalue weighted by Crippen LogP contribution is -2.41. The van der Waals surface area contributed by atoms with Gasteiger partial charge in [-0.05, 0) is 44.7 Å². The molecule has 0 saturated heterocycles. The van der Waals surface area contributed by atoms with Gasteiger partial charge in [-0.3, -0.25) is 0 Å². The zero-order valence-electron chi connectivity index (χ0n) is 8.94. The third kappa shape index (κ3) is 5.04. The van der Waals surface area contributed by atoms with E-state index in [1.165, 1.54) is 31.6 Å². The molecule has 0 aliphatic heterocycles. The molecule has 0 aliphatic carbocycles. The third-order valence-electron chi connectivity index (χ3n) is 2.64. The van der Waals surface area contributed by atoms with Crippen molar-refractivity contribution in [3.63, 3.8) is 0 Å². The highest BCUT2D eigenvalue weighted by Crippen LogP contribution is 2.13. The minimum atomic E-state index is 0.373. The van der Waals surface area contributed by atoms with Crippen molar-refractivity contribution >= 4 is 11.8 Å². The van der Waals surface area contributed by atoms with Crippen molar-refractivity contribution in [3.05, 3.63) is 0 Å². The first kappa shape index (κ1) is 12.3. The van der Waals surface area contributed by atoms with Gasteiger partial charge in [-0.25, -0.2) is 0 Å². The fraction of sp³-hybridized carbons (Fsp3) is 1.00. The van der Waals surface area contributed by atoms with Crippen LogP contribution in [0.15, 0.2) is 0 Å². The highest BCUT2D eigenvalue weighted by molar-refractivity contribution is 7.98. The summed E-state index contributed by atoms with van der Waals surface area (Å²) in [5, 5.41) is 3.62. The standard InChI is InChI=1S/C10H23NS/c1-5-10(3,6-2)11-8-7-9-12-4/h11H,5-9H2,1-4H3. The van der Waals surface area contributed by atoms with E-state index >= 15 is 0 Å². The highest BCUT2D eigenvalue weighted by Gasteiger charge is 2.17. The lowest BCUT2D eigenvalue weighted by molar-refractivity contribution is 0.333. The second-order valence-electron chi connectivity index (χ2n) is 3.54. The summed E-state index contributed by atoms with van der Waals surface area (Å²) in [5.41, 5.74) is 0.373. The van der Waals surface area contributed by atoms with Crippen LogP contribution in [0.4, 0.5) is 0 Å². The van der Waals surface area contributed by atoms with Crippen molar-refractivity contribution in [1.82, 2.24) is 5.32 Å². The maximum absolute atomic E-state index is 3.62. The summed E-state index contributed by atoms with van der Waals surface area (Å²) in [6, 6.07) is 0. The lowest BCUT2D eigenvalue weighted by atomic mass is 9.95. The van der Waals surface area contributed by atoms with Gasteiger partial charge in [0.15, 0.2) is 0 Å². The van der Waals surface area contributed by atoms with Crippen LogP contribution < -0.4 is 5.32 Å². The third-order valence-corrected chi connectivity index (χ3v) is 3.33. The van der Waals surface area contributed by atoms with Gasteiger partial charge in [-0.15, -0.1) is 0 Å². The van der Waals surface area contributed by atoms with Crippen LogP contribution in [0.5, 0.6) is 0 Å². The van der Waals surface area contributed by atoms with E-state index in [1.807, 2.05) is 11.8 Å². The quantitative estimate of drug-likeness (QED) is 0.618. The number of hydrogen-bond donors (Lipinski definition) is 1. The zero-order chi connectivity index (χ0) is 9.45. The molecule has 0 saturated carbocycles. The van der Waals surface area contributed by atoms with Gasteiger partial charge >= 0.3 is 0 Å². The van der Waals surface area contributed by atoms with E-state index in [0.717, 1.165) is 0 Å². The van der Waals surface area contributed by atoms with Gasteiger partial charge in [-0.1, -0.05) is 13.8 Å². The molecule has 0 rings (SSSR count). The summed E-state index contributed by atoms with van der Waals surface area (Å²) in [6.45, 7) is 7.99. The van der Waals surface area contributed by atoms with Gasteiger partial charge in [0.05, 0.1) is 0 Å². The van der Waals surface area contributed by atoms with Gasteiger partial charge in [0.2, 0.25) is 0 Å². The van der Waals surface area contributed by atoms with Gasteiger partial charge in [-0.2, -0.15) is 11.8 Å². The molecule has 0 aromatic rings. The first-order valence-electron chi connectivity index (χ1n) is 4.92. The minimum Gasteiger partial charge on any atom is -0.312 e. The summed E-state index contributed by atoms with van der Waals surface area (Å²) in [5.74, 6) is 1.27. The molecule has 2 heteroatoms. The second kappa shape index (κ2) is 6.79. The van der Waals surface area contributed by atoms with Crippen molar-refractivity contribution in [2.45, 2.75) is 45.6 Å². The lowest BCUT2D eigenvalue weighted by Gasteiger charge is -2.28. The fourth-order valence-corrected chi connectivity index (χ4v) is 1.54. The van der Waals surface area contributed by atoms with Crippen LogP contribution in [0, 0.1) is 0 Å². The van der Waals surface area contributed by atoms with Gasteiger partial charge < -0.3 is 5.32 Å². The molecule has 0 heterocycles. The van der Waals surface area contributed by atoms with Crippen molar-refractivity contribution in [2.24, 2.45) is 0 Å². The average Bonchev–Trinajstić information content (AvgIpc) is 2.12. The SMILES string of the molecule is CCC(C)(CC)NCCCSC. The number of nitrogens with one attached hydrogen (secondary N) is 1. The maximum Gasteiger partial charge on any atom is 0.0148 e. The first-order valence-corrected chi connectivity index (χ1v) is 6.32. The Bertz CT molecular complexity index is 100. The van der Waals surface area contributed by atoms with E-state index < -0.39 is 0 Å². The number of thioether (sulfide) groups is 1. The molecule has 0 aliphatic rings. The molecule has 0 aromatic heterocycles. The van der Waals surface area contributed by atoms with Crippen LogP contribution in [0.3, 0.4) is 0 Å². The molecule has 1 N–H and O–H groups in total. The van der Waals surface area contributed by atoms with E-state index in [9.17, 15) is 0 Å². The van der Waals surface area contributed by atoms with E-state index in [4.69, 9.17) is 0 Å². The second-order valence-corrected chi connectivity index (χ2v) is 4.53. The summed E-state index contributed by atoms with van der Waals surface area (Å²) >= 11 is 1.93. The molecule has 0 atom stereocenters. The van der Waals surface area contributed by atoms with Gasteiger partial charge in [0.1, 0.15) is 0 Å². The molecule has 0 aromatic carbocycles. The van der Waals surface area contributed by atoms with Crippen molar-refractivity contribution in [2.75, 3.05) is 18.6 Å². The molecule has 1 nitrogen and oxygen atoms in total. The molecule has 0 radical (unpaired) electrons. The van der Waals surface area contributed by atoms with Crippen molar-refractivity contribution < 1.29 is 0 Å². The Kier molecular flexibility index (Phi) is 6.96. The summed E-state index contributed by atoms with van der Waals surface area (Å²) in [7, 11) is 0. The molecule has 0 bridgehead atoms. The Balaban J connectivity index is 3.45. The van der Waals surface area contributed by atoms with Crippen LogP contribution in [-0.2, 0) is 0 Å². The smallest absolute Gasteiger partial charge is 0.0148 e. The number of rotatable bonds is 7. The van der Waals surface area contributed by atoms with E-state index in [1.54, 1.807) is 0 Å². The van der Waals surface area contributed by atoms with Crippen LogP contribution in [0.2, 0.25) is 0 Å². The average molecular weight is 189 g/mol. The molecule has 0 fully saturated rings. The Morgan fingerprint density at radius 2 is 1.83 bits per heavy atom. The van der Waals surface area contributed by atoms with Crippen LogP contribution in [0.25, 0.3) is 0 Å². The van der Waals surface area contributed by atoms with Crippen LogP contribution in [-0.4, -0.2) is 24.1 Å². The van der Waals surface area contributed by atoms with E-state index in [-0.39, 0.29) is 0 Å². The van der Waals surface area contributed by atoms with Crippen molar-refractivity contribution in [1.29, 1.82) is 0 Å². The number of hydrogen-bond acceptors (Lipinski definition) is 2. The largest absolute Gasteiger partial charge is 0.312 e. The maximum atomic E-state index is 3.62. The summed E-state index contributed by atoms with van der Waals surface area (Å²) in [4.78, 5) is 0. The van der Waals surface area contributed by atoms with E-state index in [2.05, 4.69) is 32.3 Å². The van der Waals surface area contributed by atoms with E-state index in [0.29, 0.717) is 5.54 Å². The van der Waals surface area contributed by atoms with Crippen LogP contribution >= 0.6 is 11.8 Å². The Labute approximate surface area is 81.7 Å². The predicted octanol–water partition coefficient (Wildman–Crippen LogP) is 2.91. The monoisotopic (exact) mass is 189 g/mol. The fourth-order valence-electron chi connectivity index (χ4n) is 1.11. The molecular weight excluding hydrogens is 166 g/mol. The summed E-state index contributed by atoms with van der Waals surface area (Å²) < 4.78 is 0. The Morgan fingerprint density at radius 3 is 2.25 bits per heavy atom. The molecule has 0 amide bonds. The predicted molar refractivity (Wildman–Crippen MR) is 60.0 cm³/mol. The highest BCUT2D eigenvalue weighted by atomic mass is 32.2. The minimum absolute atomic E-state index is 0.373. The van der Waals surface area contributed by atoms with Gasteiger partial charge in [0.25, 0.3) is 0 Å². The van der Waals surface area contributed by atoms with Crippen molar-refractivity contribution in [3.8, 4) is 0 Å². The summed E-state index contributed by atoms with van der Waals surface area (Å²) in [6.07, 6.45) is 5.90. The molecule has 12 heavy (non-hydrogen) atoms. The van der Waals surface area contributed by atoms with Crippen LogP contribution in [0.1, 0.15) is 40.0 Å². The molecule has 0 unspecified atom stereocenters. The zero-order valence-corrected chi connectivity index (χ0v) is 9.76. The Morgan fingerprint density at radius 1 is 1.25 bits per heavy atom.